The number of ether oxygens (including phenoxy) is 1. The van der Waals surface area contributed by atoms with E-state index in [4.69, 9.17) is 4.74 Å². The van der Waals surface area contributed by atoms with Gasteiger partial charge in [-0.05, 0) is 39.2 Å². The van der Waals surface area contributed by atoms with Gasteiger partial charge in [-0.1, -0.05) is 13.3 Å². The summed E-state index contributed by atoms with van der Waals surface area (Å²) in [6.45, 7) is 6.55. The van der Waals surface area contributed by atoms with Gasteiger partial charge in [0.25, 0.3) is 0 Å². The van der Waals surface area contributed by atoms with Crippen molar-refractivity contribution in [2.24, 2.45) is 0 Å². The van der Waals surface area contributed by atoms with Crippen LogP contribution in [0.3, 0.4) is 0 Å². The zero-order chi connectivity index (χ0) is 11.8. The molecule has 3 nitrogen and oxygen atoms in total. The van der Waals surface area contributed by atoms with Gasteiger partial charge in [0, 0.05) is 25.2 Å². The molecule has 3 atom stereocenters. The highest BCUT2D eigenvalue weighted by Gasteiger charge is 2.18. The first-order chi connectivity index (χ1) is 7.76. The summed E-state index contributed by atoms with van der Waals surface area (Å²) in [5.41, 5.74) is 0. The van der Waals surface area contributed by atoms with Crippen LogP contribution in [0, 0.1) is 0 Å². The molecule has 1 aliphatic rings. The van der Waals surface area contributed by atoms with Crippen LogP contribution in [-0.4, -0.2) is 38.4 Å². The summed E-state index contributed by atoms with van der Waals surface area (Å²) in [4.78, 5) is 0. The van der Waals surface area contributed by atoms with Crippen molar-refractivity contribution in [2.45, 2.75) is 64.1 Å². The number of nitrogens with one attached hydrogen (secondary N) is 2. The summed E-state index contributed by atoms with van der Waals surface area (Å²) in [5, 5.41) is 7.23. The predicted octanol–water partition coefficient (Wildman–Crippen LogP) is 1.92. The van der Waals surface area contributed by atoms with Crippen LogP contribution in [0.25, 0.3) is 0 Å². The molecule has 0 amide bonds. The molecule has 1 aliphatic heterocycles. The average molecular weight is 228 g/mol. The molecule has 0 aromatic rings. The Morgan fingerprint density at radius 1 is 1.50 bits per heavy atom. The summed E-state index contributed by atoms with van der Waals surface area (Å²) in [5.74, 6) is 0. The molecule has 0 radical (unpaired) electrons. The van der Waals surface area contributed by atoms with E-state index in [1.807, 2.05) is 0 Å². The maximum Gasteiger partial charge on any atom is 0.0615 e. The van der Waals surface area contributed by atoms with E-state index >= 15 is 0 Å². The van der Waals surface area contributed by atoms with E-state index in [0.717, 1.165) is 12.6 Å². The molecule has 3 unspecified atom stereocenters. The van der Waals surface area contributed by atoms with E-state index < -0.39 is 0 Å². The normalized spacial score (nSPS) is 24.6. The van der Waals surface area contributed by atoms with E-state index in [1.54, 1.807) is 7.11 Å². The fraction of sp³-hybridized carbons (Fsp3) is 1.00. The van der Waals surface area contributed by atoms with Gasteiger partial charge in [-0.25, -0.2) is 0 Å². The Morgan fingerprint density at radius 3 is 2.88 bits per heavy atom. The summed E-state index contributed by atoms with van der Waals surface area (Å²) >= 11 is 0. The highest BCUT2D eigenvalue weighted by molar-refractivity contribution is 4.80. The highest BCUT2D eigenvalue weighted by atomic mass is 16.5. The average Bonchev–Trinajstić information content (AvgIpc) is 2.71. The standard InChI is InChI=1S/C13H28N2O/c1-4-6-13(10-16-3)15-11(2)9-12-7-5-8-14-12/h11-15H,4-10H2,1-3H3. The lowest BCUT2D eigenvalue weighted by atomic mass is 10.0. The quantitative estimate of drug-likeness (QED) is 0.666. The van der Waals surface area contributed by atoms with Crippen LogP contribution in [0.4, 0.5) is 0 Å². The van der Waals surface area contributed by atoms with Gasteiger partial charge in [-0.2, -0.15) is 0 Å². The van der Waals surface area contributed by atoms with E-state index in [-0.39, 0.29) is 0 Å². The Labute approximate surface area is 100 Å². The number of rotatable bonds is 8. The number of hydrogen-bond donors (Lipinski definition) is 2. The molecule has 96 valence electrons. The summed E-state index contributed by atoms with van der Waals surface area (Å²) in [6, 6.07) is 1.83. The largest absolute Gasteiger partial charge is 0.383 e. The van der Waals surface area contributed by atoms with E-state index in [0.29, 0.717) is 12.1 Å². The van der Waals surface area contributed by atoms with Gasteiger partial charge in [0.15, 0.2) is 0 Å². The van der Waals surface area contributed by atoms with Gasteiger partial charge in [0.1, 0.15) is 0 Å². The zero-order valence-electron chi connectivity index (χ0n) is 11.1. The Hall–Kier alpha value is -0.120. The lowest BCUT2D eigenvalue weighted by molar-refractivity contribution is 0.155. The maximum atomic E-state index is 5.25. The second kappa shape index (κ2) is 8.04. The van der Waals surface area contributed by atoms with Crippen molar-refractivity contribution >= 4 is 0 Å². The van der Waals surface area contributed by atoms with Gasteiger partial charge in [-0.15, -0.1) is 0 Å². The van der Waals surface area contributed by atoms with Crippen LogP contribution in [0.5, 0.6) is 0 Å². The minimum atomic E-state index is 0.520. The molecular formula is C13H28N2O. The Balaban J connectivity index is 2.20. The van der Waals surface area contributed by atoms with Crippen LogP contribution in [0.1, 0.15) is 46.0 Å². The van der Waals surface area contributed by atoms with Crippen molar-refractivity contribution < 1.29 is 4.74 Å². The van der Waals surface area contributed by atoms with Gasteiger partial charge in [0.2, 0.25) is 0 Å². The lowest BCUT2D eigenvalue weighted by Gasteiger charge is -2.24. The second-order valence-electron chi connectivity index (χ2n) is 5.04. The van der Waals surface area contributed by atoms with Gasteiger partial charge < -0.3 is 15.4 Å². The molecule has 0 aromatic heterocycles. The van der Waals surface area contributed by atoms with Gasteiger partial charge >= 0.3 is 0 Å². The Bertz CT molecular complexity index is 163. The minimum Gasteiger partial charge on any atom is -0.383 e. The summed E-state index contributed by atoms with van der Waals surface area (Å²) in [6.07, 6.45) is 6.35. The third-order valence-corrected chi connectivity index (χ3v) is 3.33. The SMILES string of the molecule is CCCC(COC)NC(C)CC1CCCN1. The molecule has 2 N–H and O–H groups in total. The first-order valence-electron chi connectivity index (χ1n) is 6.74. The van der Waals surface area contributed by atoms with Crippen molar-refractivity contribution in [1.29, 1.82) is 0 Å². The van der Waals surface area contributed by atoms with Crippen molar-refractivity contribution in [3.8, 4) is 0 Å². The lowest BCUT2D eigenvalue weighted by Crippen LogP contribution is -2.42. The van der Waals surface area contributed by atoms with Crippen LogP contribution >= 0.6 is 0 Å². The van der Waals surface area contributed by atoms with Crippen LogP contribution < -0.4 is 10.6 Å². The molecule has 1 fully saturated rings. The smallest absolute Gasteiger partial charge is 0.0615 e. The van der Waals surface area contributed by atoms with E-state index in [9.17, 15) is 0 Å². The molecule has 3 heteroatoms. The molecular weight excluding hydrogens is 200 g/mol. The molecule has 0 spiro atoms. The molecule has 1 rings (SSSR count). The molecule has 0 aromatic carbocycles. The van der Waals surface area contributed by atoms with Crippen LogP contribution in [-0.2, 0) is 4.74 Å². The molecule has 0 saturated carbocycles. The Morgan fingerprint density at radius 2 is 2.31 bits per heavy atom. The molecule has 1 heterocycles. The van der Waals surface area contributed by atoms with Gasteiger partial charge in [-0.3, -0.25) is 0 Å². The fourth-order valence-electron chi connectivity index (χ4n) is 2.62. The minimum absolute atomic E-state index is 0.520. The van der Waals surface area contributed by atoms with Crippen LogP contribution in [0.2, 0.25) is 0 Å². The first kappa shape index (κ1) is 13.9. The molecule has 0 aliphatic carbocycles. The van der Waals surface area contributed by atoms with E-state index in [2.05, 4.69) is 24.5 Å². The third kappa shape index (κ3) is 5.28. The second-order valence-corrected chi connectivity index (χ2v) is 5.04. The summed E-state index contributed by atoms with van der Waals surface area (Å²) < 4.78 is 5.25. The fourth-order valence-corrected chi connectivity index (χ4v) is 2.62. The zero-order valence-corrected chi connectivity index (χ0v) is 11.1. The highest BCUT2D eigenvalue weighted by Crippen LogP contribution is 2.11. The van der Waals surface area contributed by atoms with Gasteiger partial charge in [0.05, 0.1) is 6.61 Å². The molecule has 1 saturated heterocycles. The molecule has 0 bridgehead atoms. The number of methoxy groups -OCH3 is 1. The maximum absolute atomic E-state index is 5.25. The summed E-state index contributed by atoms with van der Waals surface area (Å²) in [7, 11) is 1.79. The molecule has 16 heavy (non-hydrogen) atoms. The number of hydrogen-bond acceptors (Lipinski definition) is 3. The van der Waals surface area contributed by atoms with Crippen molar-refractivity contribution in [3.05, 3.63) is 0 Å². The third-order valence-electron chi connectivity index (χ3n) is 3.33. The predicted molar refractivity (Wildman–Crippen MR) is 68.8 cm³/mol. The van der Waals surface area contributed by atoms with E-state index in [1.165, 1.54) is 38.6 Å². The van der Waals surface area contributed by atoms with Crippen LogP contribution in [0.15, 0.2) is 0 Å². The van der Waals surface area contributed by atoms with Crippen molar-refractivity contribution in [3.63, 3.8) is 0 Å². The first-order valence-corrected chi connectivity index (χ1v) is 6.74. The topological polar surface area (TPSA) is 33.3 Å². The Kier molecular flexibility index (Phi) is 7.01. The van der Waals surface area contributed by atoms with Crippen molar-refractivity contribution in [1.82, 2.24) is 10.6 Å². The monoisotopic (exact) mass is 228 g/mol. The van der Waals surface area contributed by atoms with Crippen molar-refractivity contribution in [2.75, 3.05) is 20.3 Å².